The summed E-state index contributed by atoms with van der Waals surface area (Å²) in [4.78, 5) is 14.6. The van der Waals surface area contributed by atoms with Crippen molar-refractivity contribution in [2.75, 3.05) is 0 Å². The van der Waals surface area contributed by atoms with Crippen LogP contribution in [-0.2, 0) is 17.8 Å². The molecule has 0 aliphatic carbocycles. The molecule has 1 aliphatic rings. The molecule has 1 unspecified atom stereocenters. The highest BCUT2D eigenvalue weighted by Crippen LogP contribution is 2.30. The molecule has 18 heavy (non-hydrogen) atoms. The van der Waals surface area contributed by atoms with E-state index in [1.165, 1.54) is 0 Å². The summed E-state index contributed by atoms with van der Waals surface area (Å²) < 4.78 is 0. The summed E-state index contributed by atoms with van der Waals surface area (Å²) in [6, 6.07) is 8.02. The zero-order chi connectivity index (χ0) is 12.0. The first kappa shape index (κ1) is 12.9. The second-order valence-corrected chi connectivity index (χ2v) is 4.80. The van der Waals surface area contributed by atoms with Crippen LogP contribution in [0.15, 0.2) is 24.3 Å². The van der Waals surface area contributed by atoms with Gasteiger partial charge < -0.3 is 10.1 Å². The molecule has 0 bridgehead atoms. The van der Waals surface area contributed by atoms with Crippen LogP contribution in [0.5, 0.6) is 0 Å². The summed E-state index contributed by atoms with van der Waals surface area (Å²) in [6.07, 6.45) is 0.516. The van der Waals surface area contributed by atoms with Crippen molar-refractivity contribution < 1.29 is 9.90 Å². The number of hydrogen-bond acceptors (Lipinski definition) is 2. The predicted molar refractivity (Wildman–Crippen MR) is 72.1 cm³/mol. The van der Waals surface area contributed by atoms with Gasteiger partial charge in [0.1, 0.15) is 5.54 Å². The standard InChI is InChI=1S/C13H14N2O2.ClH/c1-13(12(16)17)6-9-8-4-2-3-5-10(8)15-11(9)7-14-13;/h2-5,14-15H,6-7H2,1H3,(H,16,17);1H. The van der Waals surface area contributed by atoms with Gasteiger partial charge in [-0.05, 0) is 18.6 Å². The molecule has 2 heterocycles. The third kappa shape index (κ3) is 1.78. The van der Waals surface area contributed by atoms with Gasteiger partial charge in [-0.3, -0.25) is 10.1 Å². The van der Waals surface area contributed by atoms with Gasteiger partial charge in [0, 0.05) is 29.6 Å². The van der Waals surface area contributed by atoms with E-state index in [1.807, 2.05) is 24.3 Å². The van der Waals surface area contributed by atoms with Gasteiger partial charge in [0.05, 0.1) is 0 Å². The van der Waals surface area contributed by atoms with Gasteiger partial charge in [0.2, 0.25) is 0 Å². The zero-order valence-electron chi connectivity index (χ0n) is 9.99. The molecule has 3 rings (SSSR count). The van der Waals surface area contributed by atoms with Crippen LogP contribution < -0.4 is 5.32 Å². The normalized spacial score (nSPS) is 22.3. The van der Waals surface area contributed by atoms with Gasteiger partial charge in [-0.15, -0.1) is 12.4 Å². The average molecular weight is 267 g/mol. The molecule has 5 heteroatoms. The Labute approximate surface area is 111 Å². The van der Waals surface area contributed by atoms with E-state index in [2.05, 4.69) is 10.3 Å². The van der Waals surface area contributed by atoms with Crippen LogP contribution in [-0.4, -0.2) is 21.6 Å². The average Bonchev–Trinajstić information content (AvgIpc) is 2.67. The number of hydrogen-bond donors (Lipinski definition) is 3. The van der Waals surface area contributed by atoms with Crippen molar-refractivity contribution in [3.05, 3.63) is 35.5 Å². The van der Waals surface area contributed by atoms with Crippen molar-refractivity contribution in [2.24, 2.45) is 0 Å². The van der Waals surface area contributed by atoms with E-state index < -0.39 is 11.5 Å². The van der Waals surface area contributed by atoms with E-state index >= 15 is 0 Å². The number of aliphatic carboxylic acids is 1. The fourth-order valence-corrected chi connectivity index (χ4v) is 2.46. The number of aromatic nitrogens is 1. The largest absolute Gasteiger partial charge is 0.480 e. The number of carboxylic acid groups (broad SMARTS) is 1. The molecule has 1 atom stereocenters. The van der Waals surface area contributed by atoms with Crippen LogP contribution in [0.25, 0.3) is 10.9 Å². The van der Waals surface area contributed by atoms with E-state index in [-0.39, 0.29) is 12.4 Å². The van der Waals surface area contributed by atoms with E-state index in [0.717, 1.165) is 22.2 Å². The summed E-state index contributed by atoms with van der Waals surface area (Å²) in [5.74, 6) is -0.798. The summed E-state index contributed by atoms with van der Waals surface area (Å²) in [5.41, 5.74) is 2.45. The van der Waals surface area contributed by atoms with E-state index in [1.54, 1.807) is 6.92 Å². The Hall–Kier alpha value is -1.52. The van der Waals surface area contributed by atoms with Crippen LogP contribution in [0.3, 0.4) is 0 Å². The molecule has 0 radical (unpaired) electrons. The van der Waals surface area contributed by atoms with Crippen LogP contribution in [0.2, 0.25) is 0 Å². The molecule has 0 amide bonds. The molecule has 0 saturated heterocycles. The maximum atomic E-state index is 11.3. The van der Waals surface area contributed by atoms with Crippen molar-refractivity contribution in [1.29, 1.82) is 0 Å². The van der Waals surface area contributed by atoms with Gasteiger partial charge in [-0.25, -0.2) is 0 Å². The lowest BCUT2D eigenvalue weighted by atomic mass is 9.88. The zero-order valence-corrected chi connectivity index (χ0v) is 10.8. The van der Waals surface area contributed by atoms with E-state index in [4.69, 9.17) is 0 Å². The Morgan fingerprint density at radius 2 is 2.11 bits per heavy atom. The van der Waals surface area contributed by atoms with Gasteiger partial charge >= 0.3 is 5.97 Å². The second-order valence-electron chi connectivity index (χ2n) is 4.80. The van der Waals surface area contributed by atoms with Crippen molar-refractivity contribution in [3.63, 3.8) is 0 Å². The lowest BCUT2D eigenvalue weighted by molar-refractivity contribution is -0.144. The molecule has 0 spiro atoms. The maximum absolute atomic E-state index is 11.3. The Bertz CT molecular complexity index is 608. The third-order valence-corrected chi connectivity index (χ3v) is 3.56. The number of benzene rings is 1. The number of nitrogens with one attached hydrogen (secondary N) is 2. The molecule has 0 fully saturated rings. The highest BCUT2D eigenvalue weighted by atomic mass is 35.5. The molecule has 96 valence electrons. The van der Waals surface area contributed by atoms with Crippen molar-refractivity contribution in [3.8, 4) is 0 Å². The van der Waals surface area contributed by atoms with Crippen molar-refractivity contribution in [2.45, 2.75) is 25.4 Å². The number of H-pyrrole nitrogens is 1. The van der Waals surface area contributed by atoms with Gasteiger partial charge in [0.15, 0.2) is 0 Å². The smallest absolute Gasteiger partial charge is 0.323 e. The topological polar surface area (TPSA) is 65.1 Å². The van der Waals surface area contributed by atoms with Gasteiger partial charge in [0.25, 0.3) is 0 Å². The minimum atomic E-state index is -0.863. The lowest BCUT2D eigenvalue weighted by Gasteiger charge is -2.30. The molecule has 1 aromatic carbocycles. The van der Waals surface area contributed by atoms with Crippen molar-refractivity contribution in [1.82, 2.24) is 10.3 Å². The summed E-state index contributed by atoms with van der Waals surface area (Å²) in [6.45, 7) is 2.31. The van der Waals surface area contributed by atoms with E-state index in [0.29, 0.717) is 13.0 Å². The number of halogens is 1. The van der Waals surface area contributed by atoms with Crippen LogP contribution in [0.4, 0.5) is 0 Å². The summed E-state index contributed by atoms with van der Waals surface area (Å²) in [5, 5.41) is 13.5. The number of aromatic amines is 1. The first-order valence-electron chi connectivity index (χ1n) is 5.67. The van der Waals surface area contributed by atoms with Crippen LogP contribution in [0, 0.1) is 0 Å². The highest BCUT2D eigenvalue weighted by Gasteiger charge is 2.37. The number of rotatable bonds is 1. The Morgan fingerprint density at radius 1 is 1.39 bits per heavy atom. The molecular weight excluding hydrogens is 252 g/mol. The van der Waals surface area contributed by atoms with Crippen molar-refractivity contribution >= 4 is 29.3 Å². The molecule has 4 nitrogen and oxygen atoms in total. The fourth-order valence-electron chi connectivity index (χ4n) is 2.46. The Morgan fingerprint density at radius 3 is 2.83 bits per heavy atom. The Kier molecular flexibility index (Phi) is 3.09. The second kappa shape index (κ2) is 4.30. The minimum absolute atomic E-state index is 0. The molecule has 2 aromatic rings. The predicted octanol–water partition coefficient (Wildman–Crippen LogP) is 2.08. The monoisotopic (exact) mass is 266 g/mol. The third-order valence-electron chi connectivity index (χ3n) is 3.56. The van der Waals surface area contributed by atoms with Crippen LogP contribution >= 0.6 is 12.4 Å². The molecule has 3 N–H and O–H groups in total. The summed E-state index contributed by atoms with van der Waals surface area (Å²) in [7, 11) is 0. The van der Waals surface area contributed by atoms with Gasteiger partial charge in [-0.2, -0.15) is 0 Å². The molecular formula is C13H15ClN2O2. The minimum Gasteiger partial charge on any atom is -0.480 e. The van der Waals surface area contributed by atoms with E-state index in [9.17, 15) is 9.90 Å². The number of carbonyl (C=O) groups is 1. The quantitative estimate of drug-likeness (QED) is 0.740. The molecule has 1 aliphatic heterocycles. The number of fused-ring (bicyclic) bond motifs is 3. The highest BCUT2D eigenvalue weighted by molar-refractivity contribution is 5.87. The SMILES string of the molecule is CC1(C(=O)O)Cc2c([nH]c3ccccc23)CN1.Cl. The Balaban J connectivity index is 0.00000120. The first-order valence-corrected chi connectivity index (χ1v) is 5.67. The number of carboxylic acids is 1. The maximum Gasteiger partial charge on any atom is 0.323 e. The first-order chi connectivity index (χ1) is 8.10. The molecule has 0 saturated carbocycles. The molecule has 1 aromatic heterocycles. The van der Waals surface area contributed by atoms with Gasteiger partial charge in [-0.1, -0.05) is 18.2 Å². The fraction of sp³-hybridized carbons (Fsp3) is 0.308. The van der Waals surface area contributed by atoms with Crippen LogP contribution in [0.1, 0.15) is 18.2 Å². The summed E-state index contributed by atoms with van der Waals surface area (Å²) >= 11 is 0. The lowest BCUT2D eigenvalue weighted by Crippen LogP contribution is -2.53. The number of para-hydroxylation sites is 1.